The van der Waals surface area contributed by atoms with Crippen LogP contribution in [-0.2, 0) is 4.74 Å². The Hall–Kier alpha value is -3.12. The molecule has 13 heteroatoms. The van der Waals surface area contributed by atoms with Crippen molar-refractivity contribution in [1.29, 1.82) is 0 Å². The minimum atomic E-state index is -2.81. The van der Waals surface area contributed by atoms with Gasteiger partial charge in [0.2, 0.25) is 0 Å². The average molecular weight is 525 g/mol. The van der Waals surface area contributed by atoms with Crippen LogP contribution in [0.15, 0.2) is 41.7 Å². The number of hydrogen-bond donors (Lipinski definition) is 3. The minimum absolute atomic E-state index is 0.104. The van der Waals surface area contributed by atoms with Gasteiger partial charge in [0.05, 0.1) is 40.3 Å². The Bertz CT molecular complexity index is 1290. The maximum Gasteiger partial charge on any atom is 0.273 e. The fourth-order valence-corrected chi connectivity index (χ4v) is 4.30. The lowest BCUT2D eigenvalue weighted by atomic mass is 10.1. The quantitative estimate of drug-likeness (QED) is 0.464. The van der Waals surface area contributed by atoms with Crippen molar-refractivity contribution in [2.75, 3.05) is 30.8 Å². The Labute approximate surface area is 208 Å². The van der Waals surface area contributed by atoms with Gasteiger partial charge in [0, 0.05) is 18.4 Å². The molecule has 1 fully saturated rings. The lowest BCUT2D eigenvalue weighted by molar-refractivity contribution is 0.102. The molecule has 4 rings (SSSR count). The predicted molar refractivity (Wildman–Crippen MR) is 128 cm³/mol. The molecule has 1 aliphatic heterocycles. The van der Waals surface area contributed by atoms with Gasteiger partial charge < -0.3 is 21.1 Å². The zero-order chi connectivity index (χ0) is 25.1. The summed E-state index contributed by atoms with van der Waals surface area (Å²) in [4.78, 5) is 34.2. The molecule has 9 nitrogen and oxygen atoms in total. The first-order valence-corrected chi connectivity index (χ1v) is 11.2. The van der Waals surface area contributed by atoms with E-state index in [1.54, 1.807) is 12.3 Å². The molecule has 3 heterocycles. The van der Waals surface area contributed by atoms with Crippen molar-refractivity contribution < 1.29 is 18.3 Å². The van der Waals surface area contributed by atoms with Crippen LogP contribution in [0, 0.1) is 0 Å². The summed E-state index contributed by atoms with van der Waals surface area (Å²) in [5, 5.41) is 5.50. The van der Waals surface area contributed by atoms with E-state index in [1.165, 1.54) is 6.20 Å². The zero-order valence-corrected chi connectivity index (χ0v) is 19.6. The number of ether oxygens (including phenoxy) is 1. The lowest BCUT2D eigenvalue weighted by Gasteiger charge is -2.16. The summed E-state index contributed by atoms with van der Waals surface area (Å²) in [5.74, 6) is -1.17. The molecule has 0 spiro atoms. The molecule has 4 N–H and O–H groups in total. The van der Waals surface area contributed by atoms with Gasteiger partial charge in [-0.15, -0.1) is 0 Å². The fourth-order valence-electron chi connectivity index (χ4n) is 3.62. The summed E-state index contributed by atoms with van der Waals surface area (Å²) in [5.41, 5.74) is 5.07. The van der Waals surface area contributed by atoms with Gasteiger partial charge in [-0.2, -0.15) is 0 Å². The van der Waals surface area contributed by atoms with Crippen LogP contribution in [0.1, 0.15) is 40.4 Å². The maximum atomic E-state index is 13.2. The molecule has 1 saturated heterocycles. The molecule has 3 aromatic rings. The normalized spacial score (nSPS) is 16.2. The van der Waals surface area contributed by atoms with Crippen molar-refractivity contribution in [2.45, 2.75) is 18.9 Å². The molecule has 1 aromatic carbocycles. The van der Waals surface area contributed by atoms with Crippen LogP contribution in [-0.4, -0.2) is 40.2 Å². The number of nitrogens with one attached hydrogen (secondary N) is 2. The number of hydrogen-bond acceptors (Lipinski definition) is 7. The van der Waals surface area contributed by atoms with Crippen molar-refractivity contribution in [3.63, 3.8) is 0 Å². The average Bonchev–Trinajstić information content (AvgIpc) is 3.10. The van der Waals surface area contributed by atoms with Crippen molar-refractivity contribution >= 4 is 40.6 Å². The van der Waals surface area contributed by atoms with Crippen molar-refractivity contribution in [2.24, 2.45) is 0 Å². The number of nitrogens with two attached hydrogens (primary N) is 1. The summed E-state index contributed by atoms with van der Waals surface area (Å²) >= 11 is 12.3. The van der Waals surface area contributed by atoms with Crippen LogP contribution >= 0.6 is 23.2 Å². The Morgan fingerprint density at radius 3 is 2.71 bits per heavy atom. The highest BCUT2D eigenvalue weighted by atomic mass is 35.5. The second-order valence-electron chi connectivity index (χ2n) is 7.71. The minimum Gasteiger partial charge on any atom is -0.383 e. The molecular formula is C22H20Cl2F2N6O3. The number of nitrogen functional groups attached to an aromatic ring is 1. The number of alkyl halides is 2. The van der Waals surface area contributed by atoms with Gasteiger partial charge in [-0.25, -0.2) is 13.8 Å². The van der Waals surface area contributed by atoms with E-state index >= 15 is 0 Å². The van der Waals surface area contributed by atoms with E-state index in [-0.39, 0.29) is 27.6 Å². The van der Waals surface area contributed by atoms with Crippen molar-refractivity contribution in [1.82, 2.24) is 19.9 Å². The molecule has 0 unspecified atom stereocenters. The van der Waals surface area contributed by atoms with Crippen LogP contribution in [0.3, 0.4) is 0 Å². The Morgan fingerprint density at radius 2 is 2.00 bits per heavy atom. The van der Waals surface area contributed by atoms with Crippen molar-refractivity contribution in [3.05, 3.63) is 74.0 Å². The molecule has 0 saturated carbocycles. The third-order valence-corrected chi connectivity index (χ3v) is 5.90. The number of pyridine rings is 1. The monoisotopic (exact) mass is 524 g/mol. The number of nitrogens with zero attached hydrogens (tertiary/aromatic N) is 3. The van der Waals surface area contributed by atoms with Gasteiger partial charge in [0.25, 0.3) is 17.9 Å². The molecule has 0 aliphatic carbocycles. The third-order valence-electron chi connectivity index (χ3n) is 5.32. The molecule has 184 valence electrons. The van der Waals surface area contributed by atoms with E-state index in [0.29, 0.717) is 18.9 Å². The number of carbonyl (C=O) groups is 1. The van der Waals surface area contributed by atoms with Crippen LogP contribution in [0.2, 0.25) is 10.0 Å². The molecule has 0 radical (unpaired) electrons. The van der Waals surface area contributed by atoms with Gasteiger partial charge in [0.15, 0.2) is 0 Å². The van der Waals surface area contributed by atoms with E-state index in [1.807, 2.05) is 0 Å². The first-order chi connectivity index (χ1) is 16.8. The molecule has 0 bridgehead atoms. The lowest BCUT2D eigenvalue weighted by Crippen LogP contribution is -2.31. The second-order valence-corrected chi connectivity index (χ2v) is 8.52. The van der Waals surface area contributed by atoms with Gasteiger partial charge in [-0.3, -0.25) is 19.1 Å². The molecule has 1 amide bonds. The summed E-state index contributed by atoms with van der Waals surface area (Å²) < 4.78 is 32.6. The summed E-state index contributed by atoms with van der Waals surface area (Å²) in [7, 11) is 0. The first kappa shape index (κ1) is 25.0. The Morgan fingerprint density at radius 1 is 1.26 bits per heavy atom. The van der Waals surface area contributed by atoms with Crippen LogP contribution in [0.5, 0.6) is 0 Å². The number of benzene rings is 1. The Balaban J connectivity index is 1.66. The van der Waals surface area contributed by atoms with E-state index < -0.39 is 29.0 Å². The number of carbonyl (C=O) groups excluding carboxylic acids is 1. The smallest absolute Gasteiger partial charge is 0.273 e. The number of halogens is 4. The molecule has 35 heavy (non-hydrogen) atoms. The van der Waals surface area contributed by atoms with Gasteiger partial charge in [-0.05, 0) is 36.7 Å². The predicted octanol–water partition coefficient (Wildman–Crippen LogP) is 3.76. The van der Waals surface area contributed by atoms with Crippen molar-refractivity contribution in [3.8, 4) is 5.69 Å². The third kappa shape index (κ3) is 5.43. The topological polar surface area (TPSA) is 124 Å². The van der Waals surface area contributed by atoms with E-state index in [4.69, 9.17) is 33.7 Å². The van der Waals surface area contributed by atoms with Gasteiger partial charge in [0.1, 0.15) is 17.7 Å². The molecule has 1 atom stereocenters. The van der Waals surface area contributed by atoms with Crippen LogP contribution in [0.25, 0.3) is 5.69 Å². The standard InChI is InChI=1S/C22H20Cl2F2N6O3/c23-14-5-11(19(25)26)6-15(24)18(14)32-10-30-20(27)17(22(32)34)21(33)31-13-4-12(7-28-8-13)16-9-35-3-1-2-29-16/h4-8,10,16,19,29H,1-3,9,27H2,(H,31,33)/t16-/m1/s1. The summed E-state index contributed by atoms with van der Waals surface area (Å²) in [6, 6.07) is 3.57. The maximum absolute atomic E-state index is 13.2. The number of anilines is 2. The largest absolute Gasteiger partial charge is 0.383 e. The van der Waals surface area contributed by atoms with E-state index in [2.05, 4.69) is 20.6 Å². The number of amides is 1. The zero-order valence-electron chi connectivity index (χ0n) is 18.1. The SMILES string of the molecule is Nc1ncn(-c2c(Cl)cc(C(F)F)cc2Cl)c(=O)c1C(=O)Nc1cncc([C@H]2COCCCN2)c1. The summed E-state index contributed by atoms with van der Waals surface area (Å²) in [6.45, 7) is 1.88. The molecule has 2 aromatic heterocycles. The van der Waals surface area contributed by atoms with E-state index in [0.717, 1.165) is 41.6 Å². The van der Waals surface area contributed by atoms with E-state index in [9.17, 15) is 18.4 Å². The molecular weight excluding hydrogens is 505 g/mol. The fraction of sp³-hybridized carbons (Fsp3) is 0.273. The number of aromatic nitrogens is 3. The van der Waals surface area contributed by atoms with Crippen LogP contribution < -0.4 is 21.9 Å². The first-order valence-electron chi connectivity index (χ1n) is 10.5. The highest BCUT2D eigenvalue weighted by molar-refractivity contribution is 6.37. The summed E-state index contributed by atoms with van der Waals surface area (Å²) in [6.07, 6.45) is 2.15. The van der Waals surface area contributed by atoms with Crippen LogP contribution in [0.4, 0.5) is 20.3 Å². The highest BCUT2D eigenvalue weighted by Gasteiger charge is 2.23. The van der Waals surface area contributed by atoms with Gasteiger partial charge in [-0.1, -0.05) is 23.2 Å². The second kappa shape index (κ2) is 10.6. The Kier molecular flexibility index (Phi) is 7.60. The number of rotatable bonds is 5. The highest BCUT2D eigenvalue weighted by Crippen LogP contribution is 2.33. The van der Waals surface area contributed by atoms with Gasteiger partial charge >= 0.3 is 0 Å². The molecule has 1 aliphatic rings.